The standard InChI is InChI=1S/C8H10.2ClH.H4N2/c1-7-5-3-4-6-8(7)2;;;1-2/h3-6H,1-2H3;2*1H;1-2H2. The number of aryl methyl sites for hydroxylation is 2. The molecule has 0 aliphatic carbocycles. The molecule has 0 amide bonds. The molecule has 0 aliphatic heterocycles. The summed E-state index contributed by atoms with van der Waals surface area (Å²) in [5.41, 5.74) is 2.74. The van der Waals surface area contributed by atoms with Gasteiger partial charge in [-0.05, 0) is 25.0 Å². The number of hydrogen-bond acceptors (Lipinski definition) is 2. The molecule has 12 heavy (non-hydrogen) atoms. The summed E-state index contributed by atoms with van der Waals surface area (Å²) in [6.07, 6.45) is 0. The van der Waals surface area contributed by atoms with Crippen LogP contribution in [0.5, 0.6) is 0 Å². The summed E-state index contributed by atoms with van der Waals surface area (Å²) < 4.78 is 0. The van der Waals surface area contributed by atoms with E-state index < -0.39 is 0 Å². The molecule has 1 rings (SSSR count). The Morgan fingerprint density at radius 3 is 1.25 bits per heavy atom. The van der Waals surface area contributed by atoms with Crippen molar-refractivity contribution in [3.8, 4) is 0 Å². The summed E-state index contributed by atoms with van der Waals surface area (Å²) in [5, 5.41) is 0. The number of nitrogens with two attached hydrogens (primary N) is 2. The van der Waals surface area contributed by atoms with E-state index in [4.69, 9.17) is 0 Å². The molecular weight excluding hydrogens is 195 g/mol. The highest BCUT2D eigenvalue weighted by molar-refractivity contribution is 5.85. The van der Waals surface area contributed by atoms with Crippen LogP contribution < -0.4 is 11.7 Å². The van der Waals surface area contributed by atoms with E-state index in [0.29, 0.717) is 0 Å². The van der Waals surface area contributed by atoms with E-state index in [1.54, 1.807) is 0 Å². The van der Waals surface area contributed by atoms with Gasteiger partial charge in [-0.3, -0.25) is 11.7 Å². The van der Waals surface area contributed by atoms with Gasteiger partial charge in [-0.2, -0.15) is 0 Å². The lowest BCUT2D eigenvalue weighted by molar-refractivity contribution is 1.26. The van der Waals surface area contributed by atoms with E-state index in [1.165, 1.54) is 11.1 Å². The summed E-state index contributed by atoms with van der Waals surface area (Å²) in [6.45, 7) is 4.24. The van der Waals surface area contributed by atoms with Crippen LogP contribution in [0.2, 0.25) is 0 Å². The molecule has 0 saturated carbocycles. The lowest BCUT2D eigenvalue weighted by Crippen LogP contribution is -2.02. The lowest BCUT2D eigenvalue weighted by Gasteiger charge is -1.93. The SMILES string of the molecule is Cc1ccccc1C.Cl.Cl.NN. The molecule has 4 heteroatoms. The first-order chi connectivity index (χ1) is 4.80. The highest BCUT2D eigenvalue weighted by Crippen LogP contribution is 2.02. The second-order valence-corrected chi connectivity index (χ2v) is 2.08. The van der Waals surface area contributed by atoms with Crippen LogP contribution in [0.3, 0.4) is 0 Å². The first-order valence-electron chi connectivity index (χ1n) is 3.16. The fourth-order valence-corrected chi connectivity index (χ4v) is 0.663. The van der Waals surface area contributed by atoms with Gasteiger partial charge in [0, 0.05) is 0 Å². The molecule has 4 N–H and O–H groups in total. The molecule has 0 unspecified atom stereocenters. The van der Waals surface area contributed by atoms with Crippen molar-refractivity contribution < 1.29 is 0 Å². The molecule has 0 atom stereocenters. The smallest absolute Gasteiger partial charge is 0.0395 e. The van der Waals surface area contributed by atoms with Crippen LogP contribution in [0.4, 0.5) is 0 Å². The van der Waals surface area contributed by atoms with Crippen LogP contribution in [0, 0.1) is 13.8 Å². The van der Waals surface area contributed by atoms with E-state index >= 15 is 0 Å². The second kappa shape index (κ2) is 10.7. The van der Waals surface area contributed by atoms with Crippen molar-refractivity contribution in [3.05, 3.63) is 35.4 Å². The zero-order valence-electron chi connectivity index (χ0n) is 7.28. The second-order valence-electron chi connectivity index (χ2n) is 2.08. The summed E-state index contributed by atoms with van der Waals surface area (Å²) >= 11 is 0. The van der Waals surface area contributed by atoms with E-state index in [9.17, 15) is 0 Å². The summed E-state index contributed by atoms with van der Waals surface area (Å²) in [7, 11) is 0. The number of halogens is 2. The van der Waals surface area contributed by atoms with Crippen LogP contribution in [0.1, 0.15) is 11.1 Å². The molecule has 0 aromatic heterocycles. The number of hydrazine groups is 1. The van der Waals surface area contributed by atoms with Crippen LogP contribution in [0.25, 0.3) is 0 Å². The molecule has 0 fully saturated rings. The Morgan fingerprint density at radius 1 is 0.833 bits per heavy atom. The number of rotatable bonds is 0. The van der Waals surface area contributed by atoms with Gasteiger partial charge in [0.05, 0.1) is 0 Å². The maximum absolute atomic E-state index is 4.00. The average Bonchev–Trinajstić information content (AvgIpc) is 2.00. The quantitative estimate of drug-likeness (QED) is 0.509. The monoisotopic (exact) mass is 210 g/mol. The average molecular weight is 211 g/mol. The molecule has 1 aromatic carbocycles. The normalized spacial score (nSPS) is 6.67. The van der Waals surface area contributed by atoms with Gasteiger partial charge in [0.15, 0.2) is 0 Å². The predicted molar refractivity (Wildman–Crippen MR) is 58.8 cm³/mol. The Morgan fingerprint density at radius 2 is 1.08 bits per heavy atom. The van der Waals surface area contributed by atoms with E-state index in [-0.39, 0.29) is 24.8 Å². The van der Waals surface area contributed by atoms with Gasteiger partial charge in [-0.25, -0.2) is 0 Å². The van der Waals surface area contributed by atoms with Gasteiger partial charge in [0.1, 0.15) is 0 Å². The van der Waals surface area contributed by atoms with Gasteiger partial charge < -0.3 is 0 Å². The maximum atomic E-state index is 4.00. The third kappa shape index (κ3) is 6.43. The predicted octanol–water partition coefficient (Wildman–Crippen LogP) is 1.97. The minimum absolute atomic E-state index is 0. The fraction of sp³-hybridized carbons (Fsp3) is 0.250. The topological polar surface area (TPSA) is 52.0 Å². The molecule has 0 heterocycles. The third-order valence-corrected chi connectivity index (χ3v) is 1.43. The molecular formula is C8H16Cl2N2. The van der Waals surface area contributed by atoms with Crippen LogP contribution >= 0.6 is 24.8 Å². The Bertz CT molecular complexity index is 171. The van der Waals surface area contributed by atoms with Crippen molar-refractivity contribution >= 4 is 24.8 Å². The Labute approximate surface area is 86.1 Å². The third-order valence-electron chi connectivity index (χ3n) is 1.43. The lowest BCUT2D eigenvalue weighted by atomic mass is 10.1. The van der Waals surface area contributed by atoms with Crippen molar-refractivity contribution in [2.24, 2.45) is 11.7 Å². The molecule has 0 spiro atoms. The highest BCUT2D eigenvalue weighted by Gasteiger charge is 1.83. The molecule has 72 valence electrons. The van der Waals surface area contributed by atoms with Crippen molar-refractivity contribution in [2.45, 2.75) is 13.8 Å². The molecule has 0 aliphatic rings. The van der Waals surface area contributed by atoms with E-state index in [0.717, 1.165) is 0 Å². The largest absolute Gasteiger partial charge is 0.274 e. The molecule has 0 radical (unpaired) electrons. The van der Waals surface area contributed by atoms with Gasteiger partial charge in [-0.1, -0.05) is 24.3 Å². The maximum Gasteiger partial charge on any atom is -0.0395 e. The number of benzene rings is 1. The van der Waals surface area contributed by atoms with Gasteiger partial charge >= 0.3 is 0 Å². The molecule has 2 nitrogen and oxygen atoms in total. The molecule has 0 bridgehead atoms. The minimum atomic E-state index is 0. The number of hydrogen-bond donors (Lipinski definition) is 2. The van der Waals surface area contributed by atoms with Crippen LogP contribution in [-0.2, 0) is 0 Å². The highest BCUT2D eigenvalue weighted by atomic mass is 35.5. The Kier molecular flexibility index (Phi) is 15.8. The van der Waals surface area contributed by atoms with E-state index in [2.05, 4.69) is 49.8 Å². The van der Waals surface area contributed by atoms with Gasteiger partial charge in [0.25, 0.3) is 0 Å². The first kappa shape index (κ1) is 17.7. The van der Waals surface area contributed by atoms with Crippen LogP contribution in [0.15, 0.2) is 24.3 Å². The van der Waals surface area contributed by atoms with Crippen molar-refractivity contribution in [3.63, 3.8) is 0 Å². The van der Waals surface area contributed by atoms with E-state index in [1.807, 2.05) is 0 Å². The van der Waals surface area contributed by atoms with Crippen LogP contribution in [-0.4, -0.2) is 0 Å². The van der Waals surface area contributed by atoms with Crippen molar-refractivity contribution in [2.75, 3.05) is 0 Å². The minimum Gasteiger partial charge on any atom is -0.274 e. The van der Waals surface area contributed by atoms with Crippen molar-refractivity contribution in [1.29, 1.82) is 0 Å². The zero-order valence-corrected chi connectivity index (χ0v) is 8.91. The summed E-state index contributed by atoms with van der Waals surface area (Å²) in [5.74, 6) is 8.00. The zero-order chi connectivity index (χ0) is 7.98. The van der Waals surface area contributed by atoms with Crippen molar-refractivity contribution in [1.82, 2.24) is 0 Å². The summed E-state index contributed by atoms with van der Waals surface area (Å²) in [6, 6.07) is 8.36. The Balaban J connectivity index is -0.000000189. The molecule has 0 saturated heterocycles. The van der Waals surface area contributed by atoms with Gasteiger partial charge in [-0.15, -0.1) is 24.8 Å². The first-order valence-corrected chi connectivity index (χ1v) is 3.16. The summed E-state index contributed by atoms with van der Waals surface area (Å²) in [4.78, 5) is 0. The fourth-order valence-electron chi connectivity index (χ4n) is 0.663. The Hall–Kier alpha value is -0.280. The van der Waals surface area contributed by atoms with Gasteiger partial charge in [0.2, 0.25) is 0 Å². The molecule has 1 aromatic rings.